The highest BCUT2D eigenvalue weighted by Crippen LogP contribution is 2.18. The number of carbonyl (C=O) groups excluding carboxylic acids is 1. The molecule has 2 aromatic rings. The molecule has 2 rings (SSSR count). The molecule has 0 aromatic carbocycles. The number of hydrogen-bond donors (Lipinski definition) is 3. The minimum absolute atomic E-state index is 0.0859. The van der Waals surface area contributed by atoms with Crippen LogP contribution < -0.4 is 10.6 Å². The van der Waals surface area contributed by atoms with E-state index in [1.807, 2.05) is 20.8 Å². The third-order valence-corrected chi connectivity index (χ3v) is 3.99. The molecule has 2 aromatic heterocycles. The molecule has 0 saturated carbocycles. The van der Waals surface area contributed by atoms with Gasteiger partial charge in [-0.15, -0.1) is 0 Å². The fourth-order valence-electron chi connectivity index (χ4n) is 2.48. The standard InChI is InChI=1S/C16H25N5O3/c1-10(6-14-11(2)20-24-12(14)3)19-15(22)17-9-16(4,23)13-7-18-21(5)8-13/h7-8,10,23H,6,9H2,1-5H3,(H2,17,19,22). The monoisotopic (exact) mass is 335 g/mol. The van der Waals surface area contributed by atoms with Crippen molar-refractivity contribution in [3.63, 3.8) is 0 Å². The molecular weight excluding hydrogens is 310 g/mol. The van der Waals surface area contributed by atoms with Gasteiger partial charge in [-0.1, -0.05) is 5.16 Å². The van der Waals surface area contributed by atoms with E-state index in [1.54, 1.807) is 31.0 Å². The number of aryl methyl sites for hydroxylation is 3. The predicted octanol–water partition coefficient (Wildman–Crippen LogP) is 1.16. The number of aromatic nitrogens is 3. The summed E-state index contributed by atoms with van der Waals surface area (Å²) >= 11 is 0. The minimum Gasteiger partial charge on any atom is -0.383 e. The summed E-state index contributed by atoms with van der Waals surface area (Å²) in [5.74, 6) is 0.765. The van der Waals surface area contributed by atoms with E-state index in [2.05, 4.69) is 20.9 Å². The van der Waals surface area contributed by atoms with Crippen LogP contribution in [0.2, 0.25) is 0 Å². The number of rotatable bonds is 6. The van der Waals surface area contributed by atoms with Crippen molar-refractivity contribution in [3.05, 3.63) is 35.0 Å². The van der Waals surface area contributed by atoms with Gasteiger partial charge in [0.2, 0.25) is 0 Å². The molecule has 2 amide bonds. The molecule has 0 aliphatic heterocycles. The van der Waals surface area contributed by atoms with Crippen molar-refractivity contribution in [3.8, 4) is 0 Å². The first-order valence-electron chi connectivity index (χ1n) is 7.86. The largest absolute Gasteiger partial charge is 0.383 e. The van der Waals surface area contributed by atoms with Crippen LogP contribution in [0.1, 0.15) is 36.4 Å². The lowest BCUT2D eigenvalue weighted by Gasteiger charge is -2.23. The molecule has 0 bridgehead atoms. The van der Waals surface area contributed by atoms with Crippen molar-refractivity contribution in [1.82, 2.24) is 25.6 Å². The van der Waals surface area contributed by atoms with Crippen molar-refractivity contribution in [1.29, 1.82) is 0 Å². The van der Waals surface area contributed by atoms with Gasteiger partial charge in [-0.25, -0.2) is 4.79 Å². The minimum atomic E-state index is -1.18. The summed E-state index contributed by atoms with van der Waals surface area (Å²) in [4.78, 5) is 12.0. The van der Waals surface area contributed by atoms with Crippen LogP contribution in [0, 0.1) is 13.8 Å². The summed E-state index contributed by atoms with van der Waals surface area (Å²) in [7, 11) is 1.77. The molecule has 2 heterocycles. The highest BCUT2D eigenvalue weighted by molar-refractivity contribution is 5.74. The zero-order valence-corrected chi connectivity index (χ0v) is 14.8. The number of urea groups is 1. The Labute approximate surface area is 141 Å². The Morgan fingerprint density at radius 1 is 1.50 bits per heavy atom. The van der Waals surface area contributed by atoms with Crippen molar-refractivity contribution in [2.24, 2.45) is 7.05 Å². The first-order valence-corrected chi connectivity index (χ1v) is 7.86. The lowest BCUT2D eigenvalue weighted by atomic mass is 10.00. The zero-order chi connectivity index (χ0) is 17.9. The third-order valence-electron chi connectivity index (χ3n) is 3.99. The topological polar surface area (TPSA) is 105 Å². The van der Waals surface area contributed by atoms with Gasteiger partial charge < -0.3 is 20.3 Å². The van der Waals surface area contributed by atoms with Crippen LogP contribution >= 0.6 is 0 Å². The van der Waals surface area contributed by atoms with E-state index in [4.69, 9.17) is 4.52 Å². The van der Waals surface area contributed by atoms with Crippen LogP contribution in [0.4, 0.5) is 4.79 Å². The second kappa shape index (κ2) is 7.04. The maximum absolute atomic E-state index is 12.0. The fraction of sp³-hybridized carbons (Fsp3) is 0.562. The average Bonchev–Trinajstić information content (AvgIpc) is 3.07. The Kier molecular flexibility index (Phi) is 5.28. The number of nitrogens with one attached hydrogen (secondary N) is 2. The molecule has 24 heavy (non-hydrogen) atoms. The van der Waals surface area contributed by atoms with Gasteiger partial charge in [0.05, 0.1) is 18.4 Å². The number of amides is 2. The van der Waals surface area contributed by atoms with Gasteiger partial charge in [-0.05, 0) is 34.1 Å². The van der Waals surface area contributed by atoms with E-state index in [0.717, 1.165) is 17.0 Å². The highest BCUT2D eigenvalue weighted by Gasteiger charge is 2.25. The summed E-state index contributed by atoms with van der Waals surface area (Å²) in [5.41, 5.74) is 1.30. The van der Waals surface area contributed by atoms with Gasteiger partial charge in [0, 0.05) is 30.4 Å². The Morgan fingerprint density at radius 2 is 2.21 bits per heavy atom. The summed E-state index contributed by atoms with van der Waals surface area (Å²) < 4.78 is 6.73. The van der Waals surface area contributed by atoms with Gasteiger partial charge in [0.25, 0.3) is 0 Å². The van der Waals surface area contributed by atoms with E-state index in [1.165, 1.54) is 0 Å². The Hall–Kier alpha value is -2.35. The smallest absolute Gasteiger partial charge is 0.315 e. The zero-order valence-electron chi connectivity index (χ0n) is 14.8. The molecule has 3 N–H and O–H groups in total. The quantitative estimate of drug-likeness (QED) is 0.735. The van der Waals surface area contributed by atoms with Gasteiger partial charge in [0.15, 0.2) is 0 Å². The maximum Gasteiger partial charge on any atom is 0.315 e. The first kappa shape index (κ1) is 18.0. The van der Waals surface area contributed by atoms with E-state index >= 15 is 0 Å². The molecule has 2 unspecified atom stereocenters. The molecule has 132 valence electrons. The van der Waals surface area contributed by atoms with Gasteiger partial charge in [-0.3, -0.25) is 4.68 Å². The molecule has 2 atom stereocenters. The molecule has 0 saturated heterocycles. The maximum atomic E-state index is 12.0. The molecule has 0 aliphatic carbocycles. The second-order valence-corrected chi connectivity index (χ2v) is 6.41. The lowest BCUT2D eigenvalue weighted by Crippen LogP contribution is -2.46. The SMILES string of the molecule is Cc1noc(C)c1CC(C)NC(=O)NCC(C)(O)c1cnn(C)c1. The number of aliphatic hydroxyl groups is 1. The van der Waals surface area contributed by atoms with Crippen LogP contribution in [0.15, 0.2) is 16.9 Å². The number of nitrogens with zero attached hydrogens (tertiary/aromatic N) is 3. The second-order valence-electron chi connectivity index (χ2n) is 6.41. The summed E-state index contributed by atoms with van der Waals surface area (Å²) in [5, 5.41) is 23.9. The molecule has 0 radical (unpaired) electrons. The first-order chi connectivity index (χ1) is 11.2. The van der Waals surface area contributed by atoms with Crippen LogP contribution in [0.5, 0.6) is 0 Å². The number of carbonyl (C=O) groups is 1. The molecule has 8 heteroatoms. The number of hydrogen-bond acceptors (Lipinski definition) is 5. The van der Waals surface area contributed by atoms with E-state index in [9.17, 15) is 9.90 Å². The highest BCUT2D eigenvalue weighted by atomic mass is 16.5. The van der Waals surface area contributed by atoms with Crippen molar-refractivity contribution < 1.29 is 14.4 Å². The molecule has 0 fully saturated rings. The van der Waals surface area contributed by atoms with Crippen molar-refractivity contribution >= 4 is 6.03 Å². The molecule has 0 aliphatic rings. The Bertz CT molecular complexity index is 685. The lowest BCUT2D eigenvalue weighted by molar-refractivity contribution is 0.0592. The van der Waals surface area contributed by atoms with Crippen molar-refractivity contribution in [2.75, 3.05) is 6.54 Å². The van der Waals surface area contributed by atoms with Crippen LogP contribution in [0.25, 0.3) is 0 Å². The Morgan fingerprint density at radius 3 is 2.75 bits per heavy atom. The van der Waals surface area contributed by atoms with E-state index in [-0.39, 0.29) is 18.6 Å². The normalized spacial score (nSPS) is 14.9. The van der Waals surface area contributed by atoms with Crippen LogP contribution in [0.3, 0.4) is 0 Å². The summed E-state index contributed by atoms with van der Waals surface area (Å²) in [6.07, 6.45) is 3.94. The molecule has 0 spiro atoms. The summed E-state index contributed by atoms with van der Waals surface area (Å²) in [6.45, 7) is 7.36. The van der Waals surface area contributed by atoms with Crippen LogP contribution in [-0.2, 0) is 19.1 Å². The van der Waals surface area contributed by atoms with Crippen LogP contribution in [-0.4, -0.2) is 38.7 Å². The van der Waals surface area contributed by atoms with Gasteiger partial charge in [-0.2, -0.15) is 5.10 Å². The van der Waals surface area contributed by atoms with E-state index in [0.29, 0.717) is 12.0 Å². The predicted molar refractivity (Wildman–Crippen MR) is 88.5 cm³/mol. The Balaban J connectivity index is 1.84. The van der Waals surface area contributed by atoms with E-state index < -0.39 is 5.60 Å². The van der Waals surface area contributed by atoms with Gasteiger partial charge >= 0.3 is 6.03 Å². The fourth-order valence-corrected chi connectivity index (χ4v) is 2.48. The average molecular weight is 335 g/mol. The molecule has 8 nitrogen and oxygen atoms in total. The third kappa shape index (κ3) is 4.35. The van der Waals surface area contributed by atoms with Gasteiger partial charge in [0.1, 0.15) is 11.4 Å². The molecular formula is C16H25N5O3. The summed E-state index contributed by atoms with van der Waals surface area (Å²) in [6, 6.07) is -0.427. The van der Waals surface area contributed by atoms with Crippen molar-refractivity contribution in [2.45, 2.75) is 45.8 Å².